The van der Waals surface area contributed by atoms with Crippen LogP contribution in [-0.4, -0.2) is 35.0 Å². The summed E-state index contributed by atoms with van der Waals surface area (Å²) in [5, 5.41) is 9.07. The molecule has 1 amide bonds. The van der Waals surface area contributed by atoms with E-state index in [2.05, 4.69) is 0 Å². The van der Waals surface area contributed by atoms with E-state index in [1.54, 1.807) is 11.0 Å². The lowest BCUT2D eigenvalue weighted by Gasteiger charge is -2.32. The number of amides is 1. The minimum Gasteiger partial charge on any atom is -0.481 e. The van der Waals surface area contributed by atoms with Crippen molar-refractivity contribution in [1.82, 2.24) is 4.90 Å². The number of hydrogen-bond acceptors (Lipinski definition) is 2. The van der Waals surface area contributed by atoms with Gasteiger partial charge in [0.25, 0.3) is 0 Å². The van der Waals surface area contributed by atoms with Crippen LogP contribution in [-0.2, 0) is 16.0 Å². The van der Waals surface area contributed by atoms with Gasteiger partial charge in [0.05, 0.1) is 6.42 Å². The van der Waals surface area contributed by atoms with Gasteiger partial charge in [-0.2, -0.15) is 0 Å². The lowest BCUT2D eigenvalue weighted by Crippen LogP contribution is -2.41. The quantitative estimate of drug-likeness (QED) is 0.930. The number of benzene rings is 1. The number of carbonyl (C=O) groups is 2. The Morgan fingerprint density at radius 3 is 2.86 bits per heavy atom. The summed E-state index contributed by atoms with van der Waals surface area (Å²) in [6.45, 7) is 0.998. The molecule has 4 nitrogen and oxygen atoms in total. The van der Waals surface area contributed by atoms with Crippen LogP contribution < -0.4 is 0 Å². The van der Waals surface area contributed by atoms with Crippen molar-refractivity contribution in [1.29, 1.82) is 0 Å². The molecule has 1 aromatic carbocycles. The molecule has 114 valence electrons. The molecular formula is C15H17ClFNO3. The van der Waals surface area contributed by atoms with E-state index in [-0.39, 0.29) is 35.3 Å². The van der Waals surface area contributed by atoms with Gasteiger partial charge >= 0.3 is 5.97 Å². The normalized spacial score (nSPS) is 18.6. The zero-order valence-corrected chi connectivity index (χ0v) is 12.3. The third kappa shape index (κ3) is 4.17. The first-order valence-corrected chi connectivity index (χ1v) is 7.27. The second-order valence-electron chi connectivity index (χ2n) is 5.32. The molecule has 1 aliphatic heterocycles. The summed E-state index contributed by atoms with van der Waals surface area (Å²) in [6, 6.07) is 4.32. The average molecular weight is 314 g/mol. The zero-order valence-electron chi connectivity index (χ0n) is 11.5. The molecule has 0 bridgehead atoms. The molecule has 1 aliphatic rings. The van der Waals surface area contributed by atoms with Gasteiger partial charge in [-0.15, -0.1) is 0 Å². The van der Waals surface area contributed by atoms with E-state index in [1.165, 1.54) is 12.1 Å². The number of halogens is 2. The number of hydrogen-bond donors (Lipinski definition) is 1. The van der Waals surface area contributed by atoms with Gasteiger partial charge in [-0.25, -0.2) is 4.39 Å². The summed E-state index contributed by atoms with van der Waals surface area (Å²) < 4.78 is 13.7. The van der Waals surface area contributed by atoms with Crippen molar-refractivity contribution in [2.45, 2.75) is 25.7 Å². The first-order chi connectivity index (χ1) is 9.97. The number of likely N-dealkylation sites (tertiary alicyclic amines) is 1. The van der Waals surface area contributed by atoms with Gasteiger partial charge < -0.3 is 10.0 Å². The zero-order chi connectivity index (χ0) is 15.4. The molecule has 1 fully saturated rings. The summed E-state index contributed by atoms with van der Waals surface area (Å²) in [6.07, 6.45) is 1.54. The SMILES string of the molecule is O=C(O)CC1CCCN(C(=O)Cc2c(F)cccc2Cl)C1. The number of carbonyl (C=O) groups excluding carboxylic acids is 1. The molecule has 1 aromatic rings. The average Bonchev–Trinajstić information content (AvgIpc) is 2.42. The van der Waals surface area contributed by atoms with Crippen molar-refractivity contribution in [3.05, 3.63) is 34.6 Å². The van der Waals surface area contributed by atoms with E-state index in [4.69, 9.17) is 16.7 Å². The van der Waals surface area contributed by atoms with Crippen molar-refractivity contribution in [2.24, 2.45) is 5.92 Å². The minimum absolute atomic E-state index is 0.0312. The highest BCUT2D eigenvalue weighted by molar-refractivity contribution is 6.31. The number of nitrogens with zero attached hydrogens (tertiary/aromatic N) is 1. The Kier molecular flexibility index (Phi) is 5.17. The van der Waals surface area contributed by atoms with Crippen LogP contribution >= 0.6 is 11.6 Å². The Morgan fingerprint density at radius 1 is 1.43 bits per heavy atom. The molecule has 0 spiro atoms. The molecule has 0 aromatic heterocycles. The molecule has 21 heavy (non-hydrogen) atoms. The number of rotatable bonds is 4. The maximum Gasteiger partial charge on any atom is 0.303 e. The van der Waals surface area contributed by atoms with E-state index in [0.717, 1.165) is 12.8 Å². The molecule has 1 unspecified atom stereocenters. The highest BCUT2D eigenvalue weighted by atomic mass is 35.5. The molecule has 0 radical (unpaired) electrons. The van der Waals surface area contributed by atoms with Crippen LogP contribution in [0.25, 0.3) is 0 Å². The third-order valence-corrected chi connectivity index (χ3v) is 4.08. The van der Waals surface area contributed by atoms with Crippen molar-refractivity contribution in [3.8, 4) is 0 Å². The summed E-state index contributed by atoms with van der Waals surface area (Å²) in [5.41, 5.74) is 0.199. The Labute approximate surface area is 127 Å². The van der Waals surface area contributed by atoms with Crippen molar-refractivity contribution in [3.63, 3.8) is 0 Å². The van der Waals surface area contributed by atoms with Crippen LogP contribution in [0.4, 0.5) is 4.39 Å². The minimum atomic E-state index is -0.855. The lowest BCUT2D eigenvalue weighted by molar-refractivity contribution is -0.140. The van der Waals surface area contributed by atoms with E-state index in [0.29, 0.717) is 13.1 Å². The second-order valence-corrected chi connectivity index (χ2v) is 5.73. The molecule has 1 saturated heterocycles. The Bertz CT molecular complexity index is 529. The fourth-order valence-electron chi connectivity index (χ4n) is 2.67. The van der Waals surface area contributed by atoms with Gasteiger partial charge in [0.15, 0.2) is 0 Å². The fourth-order valence-corrected chi connectivity index (χ4v) is 2.90. The maximum absolute atomic E-state index is 13.7. The molecule has 0 aliphatic carbocycles. The van der Waals surface area contributed by atoms with E-state index in [1.807, 2.05) is 0 Å². The van der Waals surface area contributed by atoms with E-state index < -0.39 is 11.8 Å². The molecule has 1 N–H and O–H groups in total. The van der Waals surface area contributed by atoms with Gasteiger partial charge in [-0.05, 0) is 30.9 Å². The van der Waals surface area contributed by atoms with Gasteiger partial charge in [0, 0.05) is 30.1 Å². The van der Waals surface area contributed by atoms with Gasteiger partial charge in [-0.1, -0.05) is 17.7 Å². The number of carboxylic acids is 1. The van der Waals surface area contributed by atoms with E-state index >= 15 is 0 Å². The molecule has 0 saturated carbocycles. The highest BCUT2D eigenvalue weighted by Gasteiger charge is 2.26. The predicted octanol–water partition coefficient (Wildman–Crippen LogP) is 2.73. The maximum atomic E-state index is 13.7. The molecule has 1 heterocycles. The summed E-state index contributed by atoms with van der Waals surface area (Å²) in [4.78, 5) is 24.6. The lowest BCUT2D eigenvalue weighted by atomic mass is 9.94. The smallest absolute Gasteiger partial charge is 0.303 e. The van der Waals surface area contributed by atoms with Crippen molar-refractivity contribution >= 4 is 23.5 Å². The first kappa shape index (κ1) is 15.8. The number of piperidine rings is 1. The number of aliphatic carboxylic acids is 1. The summed E-state index contributed by atoms with van der Waals surface area (Å²) >= 11 is 5.92. The highest BCUT2D eigenvalue weighted by Crippen LogP contribution is 2.23. The Hall–Kier alpha value is -1.62. The van der Waals surface area contributed by atoms with Crippen LogP contribution in [0, 0.1) is 11.7 Å². The van der Waals surface area contributed by atoms with Crippen molar-refractivity contribution in [2.75, 3.05) is 13.1 Å². The topological polar surface area (TPSA) is 57.6 Å². The summed E-state index contributed by atoms with van der Waals surface area (Å²) in [7, 11) is 0. The van der Waals surface area contributed by atoms with Crippen LogP contribution in [0.3, 0.4) is 0 Å². The molecule has 6 heteroatoms. The predicted molar refractivity (Wildman–Crippen MR) is 76.7 cm³/mol. The summed E-state index contributed by atoms with van der Waals surface area (Å²) in [5.74, 6) is -1.59. The van der Waals surface area contributed by atoms with Crippen LogP contribution in [0.1, 0.15) is 24.8 Å². The van der Waals surface area contributed by atoms with E-state index in [9.17, 15) is 14.0 Å². The van der Waals surface area contributed by atoms with Gasteiger partial charge in [0.2, 0.25) is 5.91 Å². The Morgan fingerprint density at radius 2 is 2.19 bits per heavy atom. The van der Waals surface area contributed by atoms with Crippen LogP contribution in [0.2, 0.25) is 5.02 Å². The largest absolute Gasteiger partial charge is 0.481 e. The molecule has 1 atom stereocenters. The van der Waals surface area contributed by atoms with Gasteiger partial charge in [-0.3, -0.25) is 9.59 Å². The fraction of sp³-hybridized carbons (Fsp3) is 0.467. The van der Waals surface area contributed by atoms with Crippen LogP contribution in [0.15, 0.2) is 18.2 Å². The van der Waals surface area contributed by atoms with Crippen molar-refractivity contribution < 1.29 is 19.1 Å². The Balaban J connectivity index is 2.01. The molecule has 2 rings (SSSR count). The monoisotopic (exact) mass is 313 g/mol. The number of carboxylic acid groups (broad SMARTS) is 1. The third-order valence-electron chi connectivity index (χ3n) is 3.72. The standard InChI is InChI=1S/C15H17ClFNO3/c16-12-4-1-5-13(17)11(12)8-14(19)18-6-2-3-10(9-18)7-15(20)21/h1,4-5,10H,2-3,6-9H2,(H,20,21). The van der Waals surface area contributed by atoms with Crippen LogP contribution in [0.5, 0.6) is 0 Å². The first-order valence-electron chi connectivity index (χ1n) is 6.90. The van der Waals surface area contributed by atoms with Gasteiger partial charge in [0.1, 0.15) is 5.82 Å². The second kappa shape index (κ2) is 6.89. The molecular weight excluding hydrogens is 297 g/mol.